The molecule has 2 aromatic rings. The summed E-state index contributed by atoms with van der Waals surface area (Å²) >= 11 is 0. The molecule has 0 radical (unpaired) electrons. The van der Waals surface area contributed by atoms with Crippen molar-refractivity contribution in [3.05, 3.63) is 59.7 Å². The normalized spacial score (nSPS) is 16.8. The van der Waals surface area contributed by atoms with Crippen molar-refractivity contribution in [1.29, 1.82) is 0 Å². The van der Waals surface area contributed by atoms with Gasteiger partial charge in [0.2, 0.25) is 0 Å². The van der Waals surface area contributed by atoms with Gasteiger partial charge in [-0.2, -0.15) is 16.8 Å². The molecule has 0 atom stereocenters. The lowest BCUT2D eigenvalue weighted by Crippen LogP contribution is -2.23. The highest BCUT2D eigenvalue weighted by atomic mass is 32.3. The van der Waals surface area contributed by atoms with E-state index in [1.807, 2.05) is 0 Å². The largest absolute Gasteiger partial charge is 0.488 e. The topological polar surface area (TPSA) is 86.7 Å². The van der Waals surface area contributed by atoms with Crippen molar-refractivity contribution in [2.24, 2.45) is 0 Å². The van der Waals surface area contributed by atoms with E-state index in [1.165, 1.54) is 24.3 Å². The van der Waals surface area contributed by atoms with Crippen LogP contribution in [0.1, 0.15) is 36.8 Å². The second-order valence-electron chi connectivity index (χ2n) is 6.29. The van der Waals surface area contributed by atoms with Crippen LogP contribution in [0.3, 0.4) is 0 Å². The molecule has 1 aliphatic carbocycles. The van der Waals surface area contributed by atoms with E-state index in [2.05, 4.69) is 8.37 Å². The van der Waals surface area contributed by atoms with Gasteiger partial charge in [-0.25, -0.2) is 0 Å². The van der Waals surface area contributed by atoms with Crippen LogP contribution >= 0.6 is 0 Å². The predicted molar refractivity (Wildman–Crippen MR) is 93.4 cm³/mol. The Balaban J connectivity index is 1.92. The Bertz CT molecular complexity index is 931. The summed E-state index contributed by atoms with van der Waals surface area (Å²) in [4.78, 5) is 0. The van der Waals surface area contributed by atoms with Crippen LogP contribution in [0.5, 0.6) is 11.5 Å². The zero-order valence-electron chi connectivity index (χ0n) is 14.0. The van der Waals surface area contributed by atoms with Crippen molar-refractivity contribution >= 4 is 21.0 Å². The van der Waals surface area contributed by atoms with Crippen LogP contribution in [0.2, 0.25) is 0 Å². The third-order valence-electron chi connectivity index (χ3n) is 4.66. The fraction of sp³-hybridized carbons (Fsp3) is 0.294. The molecule has 0 bridgehead atoms. The summed E-state index contributed by atoms with van der Waals surface area (Å²) in [6.45, 7) is 0. The van der Waals surface area contributed by atoms with E-state index < -0.39 is 21.0 Å². The molecule has 0 spiro atoms. The average molecular weight is 418 g/mol. The molecular formula is C17H16F2O6S2. The molecule has 1 saturated carbocycles. The molecule has 0 amide bonds. The Morgan fingerprint density at radius 2 is 1.00 bits per heavy atom. The molecule has 27 heavy (non-hydrogen) atoms. The lowest BCUT2D eigenvalue weighted by molar-refractivity contribution is 0.438. The van der Waals surface area contributed by atoms with Gasteiger partial charge in [-0.05, 0) is 48.2 Å². The fourth-order valence-corrected chi connectivity index (χ4v) is 4.29. The summed E-state index contributed by atoms with van der Waals surface area (Å²) in [6, 6.07) is 12.2. The van der Waals surface area contributed by atoms with E-state index in [9.17, 15) is 24.6 Å². The van der Waals surface area contributed by atoms with Crippen LogP contribution in [-0.2, 0) is 26.4 Å². The Kier molecular flexibility index (Phi) is 5.13. The van der Waals surface area contributed by atoms with Crippen LogP contribution < -0.4 is 8.37 Å². The maximum Gasteiger partial charge on any atom is 0.488 e. The zero-order valence-corrected chi connectivity index (χ0v) is 15.6. The van der Waals surface area contributed by atoms with Crippen molar-refractivity contribution in [2.75, 3.05) is 0 Å². The minimum Gasteiger partial charge on any atom is -0.358 e. The molecule has 6 nitrogen and oxygen atoms in total. The van der Waals surface area contributed by atoms with Crippen molar-refractivity contribution in [3.63, 3.8) is 0 Å². The maximum atomic E-state index is 12.6. The second-order valence-corrected chi connectivity index (χ2v) is 8.20. The first-order valence-corrected chi connectivity index (χ1v) is 10.7. The standard InChI is InChI=1S/C17H16F2O6S2/c18-26(20,21)24-15-7-3-13(4-8-15)17(11-1-2-12-17)14-5-9-16(10-6-14)25-27(19,22)23/h3-10H,1-2,11-12H2. The van der Waals surface area contributed by atoms with E-state index in [4.69, 9.17) is 0 Å². The maximum absolute atomic E-state index is 12.6. The molecule has 3 rings (SSSR count). The molecule has 0 aromatic heterocycles. The van der Waals surface area contributed by atoms with Gasteiger partial charge in [0, 0.05) is 5.41 Å². The van der Waals surface area contributed by atoms with Crippen LogP contribution in [0.15, 0.2) is 48.5 Å². The highest BCUT2D eigenvalue weighted by Gasteiger charge is 2.37. The van der Waals surface area contributed by atoms with Gasteiger partial charge in [0.05, 0.1) is 0 Å². The number of rotatable bonds is 6. The molecular weight excluding hydrogens is 402 g/mol. The van der Waals surface area contributed by atoms with E-state index in [-0.39, 0.29) is 16.9 Å². The number of halogens is 2. The van der Waals surface area contributed by atoms with E-state index in [0.29, 0.717) is 0 Å². The van der Waals surface area contributed by atoms with E-state index >= 15 is 0 Å². The molecule has 0 saturated heterocycles. The Morgan fingerprint density at radius 1 is 0.667 bits per heavy atom. The lowest BCUT2D eigenvalue weighted by Gasteiger charge is -2.30. The third-order valence-corrected chi connectivity index (χ3v) is 5.45. The van der Waals surface area contributed by atoms with Crippen LogP contribution in [0.25, 0.3) is 0 Å². The summed E-state index contributed by atoms with van der Waals surface area (Å²) in [7, 11) is -10.2. The van der Waals surface area contributed by atoms with Gasteiger partial charge in [0.1, 0.15) is 11.5 Å². The SMILES string of the molecule is O=S(=O)(F)Oc1ccc(C2(c3ccc(OS(=O)(=O)F)cc3)CCCC2)cc1. The first kappa shape index (κ1) is 19.6. The molecule has 0 heterocycles. The Morgan fingerprint density at radius 3 is 1.30 bits per heavy atom. The van der Waals surface area contributed by atoms with Crippen molar-refractivity contribution < 1.29 is 33.0 Å². The van der Waals surface area contributed by atoms with Crippen molar-refractivity contribution in [1.82, 2.24) is 0 Å². The third kappa shape index (κ3) is 4.75. The molecule has 1 fully saturated rings. The van der Waals surface area contributed by atoms with Gasteiger partial charge in [0.25, 0.3) is 0 Å². The summed E-state index contributed by atoms with van der Waals surface area (Å²) in [5.41, 5.74) is 1.39. The summed E-state index contributed by atoms with van der Waals surface area (Å²) in [6.07, 6.45) is 3.56. The number of benzene rings is 2. The molecule has 0 unspecified atom stereocenters. The second kappa shape index (κ2) is 7.08. The van der Waals surface area contributed by atoms with Gasteiger partial charge in [-0.3, -0.25) is 0 Å². The molecule has 1 aliphatic rings. The molecule has 2 aromatic carbocycles. The monoisotopic (exact) mass is 418 g/mol. The molecule has 146 valence electrons. The van der Waals surface area contributed by atoms with Gasteiger partial charge in [0.15, 0.2) is 0 Å². The van der Waals surface area contributed by atoms with Gasteiger partial charge < -0.3 is 8.37 Å². The quantitative estimate of drug-likeness (QED) is 0.665. The van der Waals surface area contributed by atoms with Crippen LogP contribution in [0.4, 0.5) is 7.77 Å². The van der Waals surface area contributed by atoms with Crippen LogP contribution in [0, 0.1) is 0 Å². The van der Waals surface area contributed by atoms with Crippen molar-refractivity contribution in [2.45, 2.75) is 31.1 Å². The molecule has 0 aliphatic heterocycles. The molecule has 10 heteroatoms. The Hall–Kier alpha value is -2.20. The van der Waals surface area contributed by atoms with Gasteiger partial charge in [-0.15, -0.1) is 0 Å². The van der Waals surface area contributed by atoms with Gasteiger partial charge in [-0.1, -0.05) is 44.9 Å². The minimum absolute atomic E-state index is 0.133. The zero-order chi connectivity index (χ0) is 19.7. The van der Waals surface area contributed by atoms with E-state index in [1.54, 1.807) is 24.3 Å². The highest BCUT2D eigenvalue weighted by Crippen LogP contribution is 2.47. The first-order chi connectivity index (χ1) is 12.6. The van der Waals surface area contributed by atoms with E-state index in [0.717, 1.165) is 36.8 Å². The number of hydrogen-bond acceptors (Lipinski definition) is 6. The highest BCUT2D eigenvalue weighted by molar-refractivity contribution is 7.82. The van der Waals surface area contributed by atoms with Crippen LogP contribution in [-0.4, -0.2) is 16.8 Å². The fourth-order valence-electron chi connectivity index (χ4n) is 3.61. The average Bonchev–Trinajstić information content (AvgIpc) is 3.04. The summed E-state index contributed by atoms with van der Waals surface area (Å²) in [5.74, 6) is -0.266. The molecule has 0 N–H and O–H groups in total. The van der Waals surface area contributed by atoms with Gasteiger partial charge >= 0.3 is 21.0 Å². The lowest BCUT2D eigenvalue weighted by atomic mass is 9.73. The summed E-state index contributed by atoms with van der Waals surface area (Å²) in [5, 5.41) is 0. The van der Waals surface area contributed by atoms with Crippen molar-refractivity contribution in [3.8, 4) is 11.5 Å². The summed E-state index contributed by atoms with van der Waals surface area (Å²) < 4.78 is 76.1. The smallest absolute Gasteiger partial charge is 0.358 e. The number of hydrogen-bond donors (Lipinski definition) is 0. The predicted octanol–water partition coefficient (Wildman–Crippen LogP) is 3.73. The Labute approximate surface area is 156 Å². The minimum atomic E-state index is -5.09. The first-order valence-electron chi connectivity index (χ1n) is 8.07.